The van der Waals surface area contributed by atoms with Crippen LogP contribution >= 0.6 is 11.6 Å². The smallest absolute Gasteiger partial charge is 0.331 e. The first kappa shape index (κ1) is 24.6. The molecule has 2 unspecified atom stereocenters. The molecular formula is C24H27ClN2O7. The van der Waals surface area contributed by atoms with Crippen molar-refractivity contribution in [3.63, 3.8) is 0 Å². The first-order valence-electron chi connectivity index (χ1n) is 11.0. The number of anilines is 1. The molecule has 0 radical (unpaired) electrons. The molecule has 0 aliphatic carbocycles. The van der Waals surface area contributed by atoms with Gasteiger partial charge in [-0.05, 0) is 48.2 Å². The van der Waals surface area contributed by atoms with Crippen LogP contribution in [-0.2, 0) is 16.0 Å². The van der Waals surface area contributed by atoms with Crippen LogP contribution in [0.2, 0.25) is 5.02 Å². The van der Waals surface area contributed by atoms with Gasteiger partial charge in [-0.25, -0.2) is 4.79 Å². The number of carbonyl (C=O) groups excluding carboxylic acids is 2. The third-order valence-electron chi connectivity index (χ3n) is 6.31. The minimum absolute atomic E-state index is 0.0129. The van der Waals surface area contributed by atoms with Crippen molar-refractivity contribution in [2.24, 2.45) is 0 Å². The predicted octanol–water partition coefficient (Wildman–Crippen LogP) is 1.23. The number of aliphatic hydroxyl groups is 4. The Morgan fingerprint density at radius 1 is 1.03 bits per heavy atom. The van der Waals surface area contributed by atoms with E-state index in [-0.39, 0.29) is 18.5 Å². The second-order valence-corrected chi connectivity index (χ2v) is 8.86. The van der Waals surface area contributed by atoms with Gasteiger partial charge < -0.3 is 25.2 Å². The van der Waals surface area contributed by atoms with Crippen LogP contribution in [-0.4, -0.2) is 81.4 Å². The summed E-state index contributed by atoms with van der Waals surface area (Å²) in [7, 11) is 0. The number of ether oxygens (including phenoxy) is 1. The number of urea groups is 1. The average molecular weight is 491 g/mol. The molecule has 2 aromatic carbocycles. The minimum Gasteiger partial charge on any atom is -0.394 e. The molecule has 2 fully saturated rings. The highest BCUT2D eigenvalue weighted by molar-refractivity contribution is 6.31. The van der Waals surface area contributed by atoms with E-state index in [4.69, 9.17) is 16.3 Å². The van der Waals surface area contributed by atoms with Gasteiger partial charge >= 0.3 is 6.03 Å². The second-order valence-electron chi connectivity index (χ2n) is 8.45. The van der Waals surface area contributed by atoms with Gasteiger partial charge in [-0.2, -0.15) is 0 Å². The summed E-state index contributed by atoms with van der Waals surface area (Å²) in [5.74, 6) is -0.228. The third kappa shape index (κ3) is 4.55. The number of amides is 3. The highest BCUT2D eigenvalue weighted by Crippen LogP contribution is 2.34. The summed E-state index contributed by atoms with van der Waals surface area (Å²) in [6.07, 6.45) is -5.78. The highest BCUT2D eigenvalue weighted by atomic mass is 35.5. The molecule has 5 atom stereocenters. The number of carbonyl (C=O) groups is 2. The number of rotatable bonds is 6. The van der Waals surface area contributed by atoms with Gasteiger partial charge in [-0.1, -0.05) is 35.9 Å². The molecule has 0 saturated carbocycles. The van der Waals surface area contributed by atoms with E-state index in [1.165, 1.54) is 9.80 Å². The van der Waals surface area contributed by atoms with Crippen molar-refractivity contribution in [2.45, 2.75) is 43.9 Å². The summed E-state index contributed by atoms with van der Waals surface area (Å²) in [5, 5.41) is 40.5. The van der Waals surface area contributed by atoms with Gasteiger partial charge in [0.15, 0.2) is 0 Å². The lowest BCUT2D eigenvalue weighted by Crippen LogP contribution is -2.55. The number of hydrogen-bond acceptors (Lipinski definition) is 7. The molecule has 0 aromatic heterocycles. The lowest BCUT2D eigenvalue weighted by molar-refractivity contribution is -0.231. The third-order valence-corrected chi connectivity index (χ3v) is 6.67. The van der Waals surface area contributed by atoms with Crippen molar-refractivity contribution in [2.75, 3.05) is 24.6 Å². The highest BCUT2D eigenvalue weighted by Gasteiger charge is 2.44. The fourth-order valence-electron chi connectivity index (χ4n) is 4.35. The Labute approximate surface area is 201 Å². The summed E-state index contributed by atoms with van der Waals surface area (Å²) in [6.45, 7) is 1.59. The van der Waals surface area contributed by atoms with E-state index >= 15 is 0 Å². The zero-order valence-corrected chi connectivity index (χ0v) is 19.3. The Kier molecular flexibility index (Phi) is 7.22. The zero-order valence-electron chi connectivity index (χ0n) is 18.5. The van der Waals surface area contributed by atoms with E-state index in [1.807, 2.05) is 12.1 Å². The van der Waals surface area contributed by atoms with Crippen LogP contribution in [0.15, 0.2) is 42.5 Å². The number of halogens is 1. The Hall–Kier alpha value is -2.53. The van der Waals surface area contributed by atoms with E-state index in [1.54, 1.807) is 37.3 Å². The molecule has 0 bridgehead atoms. The van der Waals surface area contributed by atoms with Crippen LogP contribution in [0.3, 0.4) is 0 Å². The van der Waals surface area contributed by atoms with Crippen LogP contribution in [0.25, 0.3) is 0 Å². The Morgan fingerprint density at radius 3 is 2.35 bits per heavy atom. The molecule has 0 spiro atoms. The monoisotopic (exact) mass is 490 g/mol. The molecule has 4 N–H and O–H groups in total. The van der Waals surface area contributed by atoms with Crippen LogP contribution in [0.4, 0.5) is 10.5 Å². The van der Waals surface area contributed by atoms with E-state index < -0.39 is 37.1 Å². The zero-order chi connectivity index (χ0) is 24.6. The van der Waals surface area contributed by atoms with Crippen LogP contribution in [0, 0.1) is 0 Å². The quantitative estimate of drug-likeness (QED) is 0.448. The molecule has 3 amide bonds. The molecule has 2 aliphatic rings. The number of imide groups is 1. The van der Waals surface area contributed by atoms with Gasteiger partial charge in [0.05, 0.1) is 6.61 Å². The van der Waals surface area contributed by atoms with Crippen molar-refractivity contribution in [3.05, 3.63) is 64.2 Å². The fraction of sp³-hybridized carbons (Fsp3) is 0.417. The fourth-order valence-corrected chi connectivity index (χ4v) is 4.54. The summed E-state index contributed by atoms with van der Waals surface area (Å²) in [6, 6.07) is 12.0. The number of likely N-dealkylation sites (N-methyl/N-ethyl adjacent to an activating group) is 1. The van der Waals surface area contributed by atoms with Gasteiger partial charge in [0.2, 0.25) is 0 Å². The lowest BCUT2D eigenvalue weighted by Gasteiger charge is -2.40. The van der Waals surface area contributed by atoms with Crippen molar-refractivity contribution in [1.29, 1.82) is 0 Å². The largest absolute Gasteiger partial charge is 0.394 e. The first-order valence-corrected chi connectivity index (χ1v) is 11.4. The van der Waals surface area contributed by atoms with E-state index in [2.05, 4.69) is 0 Å². The number of benzene rings is 2. The van der Waals surface area contributed by atoms with Crippen LogP contribution in [0.1, 0.15) is 29.7 Å². The summed E-state index contributed by atoms with van der Waals surface area (Å²) >= 11 is 6.40. The van der Waals surface area contributed by atoms with Gasteiger partial charge in [0.1, 0.15) is 37.1 Å². The number of nitrogens with zero attached hydrogens (tertiary/aromatic N) is 2. The Bertz CT molecular complexity index is 1060. The molecule has 4 rings (SSSR count). The van der Waals surface area contributed by atoms with Gasteiger partial charge in [0.25, 0.3) is 5.91 Å². The maximum absolute atomic E-state index is 12.4. The van der Waals surface area contributed by atoms with Crippen molar-refractivity contribution >= 4 is 29.2 Å². The topological polar surface area (TPSA) is 131 Å². The molecule has 2 aliphatic heterocycles. The standard InChI is InChI=1S/C24H27ClN2O7/c1-2-26-19(29)11-27(24(26)33)16-6-3-13(4-7-16)9-15-10-14(5-8-17(15)25)23-22(32)21(31)20(30)18(12-28)34-23/h3-8,10,18,20-23,28,30-32H,2,9,11-12H2,1H3/t18?,20-,21+,22?,23+/m1/s1. The molecule has 2 saturated heterocycles. The van der Waals surface area contributed by atoms with Gasteiger partial charge in [-0.15, -0.1) is 0 Å². The lowest BCUT2D eigenvalue weighted by atomic mass is 9.90. The maximum Gasteiger partial charge on any atom is 0.331 e. The van der Waals surface area contributed by atoms with Gasteiger partial charge in [-0.3, -0.25) is 14.6 Å². The summed E-state index contributed by atoms with van der Waals surface area (Å²) < 4.78 is 5.65. The van der Waals surface area contributed by atoms with Crippen LogP contribution in [0.5, 0.6) is 0 Å². The Balaban J connectivity index is 1.52. The molecular weight excluding hydrogens is 464 g/mol. The van der Waals surface area contributed by atoms with E-state index in [0.29, 0.717) is 29.2 Å². The van der Waals surface area contributed by atoms with Gasteiger partial charge in [0, 0.05) is 17.3 Å². The van der Waals surface area contributed by atoms with Crippen molar-refractivity contribution in [1.82, 2.24) is 4.90 Å². The molecule has 10 heteroatoms. The molecule has 9 nitrogen and oxygen atoms in total. The average Bonchev–Trinajstić information content (AvgIpc) is 3.12. The van der Waals surface area contributed by atoms with Crippen molar-refractivity contribution in [3.8, 4) is 0 Å². The maximum atomic E-state index is 12.4. The van der Waals surface area contributed by atoms with E-state index in [0.717, 1.165) is 11.1 Å². The predicted molar refractivity (Wildman–Crippen MR) is 124 cm³/mol. The molecule has 2 aromatic rings. The molecule has 34 heavy (non-hydrogen) atoms. The summed E-state index contributed by atoms with van der Waals surface area (Å²) in [4.78, 5) is 27.0. The number of aliphatic hydroxyl groups excluding tert-OH is 4. The van der Waals surface area contributed by atoms with Crippen molar-refractivity contribution < 1.29 is 34.8 Å². The van der Waals surface area contributed by atoms with Crippen LogP contribution < -0.4 is 4.90 Å². The molecule has 182 valence electrons. The summed E-state index contributed by atoms with van der Waals surface area (Å²) in [5.41, 5.74) is 2.82. The molecule has 2 heterocycles. The minimum atomic E-state index is -1.47. The Morgan fingerprint density at radius 2 is 1.74 bits per heavy atom. The SMILES string of the molecule is CCN1C(=O)CN(c2ccc(Cc3cc([C@@H]4OC(CO)[C@@H](O)[C@H](O)C4O)ccc3Cl)cc2)C1=O. The van der Waals surface area contributed by atoms with E-state index in [9.17, 15) is 30.0 Å². The first-order chi connectivity index (χ1) is 16.2. The normalized spacial score (nSPS) is 27.5. The second kappa shape index (κ2) is 9.99. The number of hydrogen-bond donors (Lipinski definition) is 4.